The van der Waals surface area contributed by atoms with E-state index in [1.54, 1.807) is 12.1 Å². The molecule has 0 spiro atoms. The van der Waals surface area contributed by atoms with Crippen molar-refractivity contribution in [2.45, 2.75) is 33.3 Å². The summed E-state index contributed by atoms with van der Waals surface area (Å²) in [6, 6.07) is 13.4. The number of amides is 2. The van der Waals surface area contributed by atoms with Gasteiger partial charge in [-0.05, 0) is 61.4 Å². The molecule has 152 valence electrons. The third-order valence-corrected chi connectivity index (χ3v) is 5.42. The number of carbonyl (C=O) groups excluding carboxylic acids is 2. The van der Waals surface area contributed by atoms with Crippen molar-refractivity contribution in [3.63, 3.8) is 0 Å². The first-order valence-corrected chi connectivity index (χ1v) is 10.6. The quantitative estimate of drug-likeness (QED) is 0.589. The lowest BCUT2D eigenvalue weighted by Crippen LogP contribution is -2.33. The molecule has 2 aromatic carbocycles. The van der Waals surface area contributed by atoms with Gasteiger partial charge in [-0.15, -0.1) is 11.8 Å². The number of ether oxygens (including phenoxy) is 1. The number of halogens is 1. The van der Waals surface area contributed by atoms with Crippen LogP contribution in [0, 0.1) is 5.82 Å². The first kappa shape index (κ1) is 21.1. The van der Waals surface area contributed by atoms with E-state index in [0.717, 1.165) is 11.3 Å². The summed E-state index contributed by atoms with van der Waals surface area (Å²) >= 11 is 1.38. The number of carbonyl (C=O) groups is 2. The topological polar surface area (TPSA) is 46.6 Å². The Hall–Kier alpha value is -2.60. The van der Waals surface area contributed by atoms with Crippen LogP contribution in [0.5, 0.6) is 5.75 Å². The van der Waals surface area contributed by atoms with Crippen LogP contribution in [0.2, 0.25) is 0 Å². The fourth-order valence-electron chi connectivity index (χ4n) is 3.15. The molecule has 1 heterocycles. The lowest BCUT2D eigenvalue weighted by Gasteiger charge is -2.15. The number of imide groups is 1. The van der Waals surface area contributed by atoms with Gasteiger partial charge in [-0.2, -0.15) is 0 Å². The van der Waals surface area contributed by atoms with Gasteiger partial charge in [-0.25, -0.2) is 4.39 Å². The normalized spacial score (nSPS) is 14.3. The SMILES string of the molecule is CCSC1=C(c2ccc(OC(C)C)cc2)C(=O)N(CCc2ccc(F)cc2)C1=O. The molecule has 2 amide bonds. The number of hydrogen-bond acceptors (Lipinski definition) is 4. The van der Waals surface area contributed by atoms with E-state index in [9.17, 15) is 14.0 Å². The summed E-state index contributed by atoms with van der Waals surface area (Å²) in [4.78, 5) is 27.8. The second kappa shape index (κ2) is 9.27. The highest BCUT2D eigenvalue weighted by atomic mass is 32.2. The molecule has 0 saturated carbocycles. The van der Waals surface area contributed by atoms with Crippen LogP contribution in [0.25, 0.3) is 5.57 Å². The molecule has 1 aliphatic heterocycles. The van der Waals surface area contributed by atoms with Gasteiger partial charge < -0.3 is 4.74 Å². The maximum absolute atomic E-state index is 13.1. The van der Waals surface area contributed by atoms with Crippen molar-refractivity contribution >= 4 is 29.1 Å². The Balaban J connectivity index is 1.81. The van der Waals surface area contributed by atoms with Crippen LogP contribution in [0.15, 0.2) is 53.4 Å². The van der Waals surface area contributed by atoms with E-state index in [2.05, 4.69) is 0 Å². The Labute approximate surface area is 174 Å². The summed E-state index contributed by atoms with van der Waals surface area (Å²) < 4.78 is 18.7. The van der Waals surface area contributed by atoms with Gasteiger partial charge in [-0.1, -0.05) is 31.2 Å². The Bertz CT molecular complexity index is 920. The second-order valence-corrected chi connectivity index (χ2v) is 8.24. The monoisotopic (exact) mass is 413 g/mol. The number of rotatable bonds is 8. The van der Waals surface area contributed by atoms with Gasteiger partial charge in [-0.3, -0.25) is 14.5 Å². The number of nitrogens with zero attached hydrogens (tertiary/aromatic N) is 1. The van der Waals surface area contributed by atoms with Gasteiger partial charge in [0.25, 0.3) is 11.8 Å². The summed E-state index contributed by atoms with van der Waals surface area (Å²) in [7, 11) is 0. The highest BCUT2D eigenvalue weighted by molar-refractivity contribution is 8.04. The van der Waals surface area contributed by atoms with E-state index in [4.69, 9.17) is 4.74 Å². The Kier molecular flexibility index (Phi) is 6.75. The highest BCUT2D eigenvalue weighted by Crippen LogP contribution is 2.36. The molecule has 0 aromatic heterocycles. The third-order valence-electron chi connectivity index (χ3n) is 4.47. The molecule has 0 bridgehead atoms. The van der Waals surface area contributed by atoms with Crippen molar-refractivity contribution in [1.29, 1.82) is 0 Å². The number of thioether (sulfide) groups is 1. The maximum Gasteiger partial charge on any atom is 0.267 e. The van der Waals surface area contributed by atoms with E-state index in [0.29, 0.717) is 28.2 Å². The molecule has 0 unspecified atom stereocenters. The maximum atomic E-state index is 13.1. The van der Waals surface area contributed by atoms with Crippen molar-refractivity contribution in [2.24, 2.45) is 0 Å². The van der Waals surface area contributed by atoms with Crippen molar-refractivity contribution in [3.05, 3.63) is 70.4 Å². The van der Waals surface area contributed by atoms with Gasteiger partial charge in [0.2, 0.25) is 0 Å². The third kappa shape index (κ3) is 4.88. The largest absolute Gasteiger partial charge is 0.491 e. The van der Waals surface area contributed by atoms with Gasteiger partial charge in [0.1, 0.15) is 11.6 Å². The summed E-state index contributed by atoms with van der Waals surface area (Å²) in [5, 5.41) is 0. The summed E-state index contributed by atoms with van der Waals surface area (Å²) in [5.74, 6) is 0.557. The summed E-state index contributed by atoms with van der Waals surface area (Å²) in [6.45, 7) is 6.11. The molecule has 4 nitrogen and oxygen atoms in total. The molecule has 29 heavy (non-hydrogen) atoms. The standard InChI is InChI=1S/C23H24FNO3S/c1-4-29-21-20(17-7-11-19(12-8-17)28-15(2)3)22(26)25(23(21)27)14-13-16-5-9-18(24)10-6-16/h5-12,15H,4,13-14H2,1-3H3. The predicted molar refractivity (Wildman–Crippen MR) is 114 cm³/mol. The molecule has 2 aromatic rings. The van der Waals surface area contributed by atoms with Crippen molar-refractivity contribution in [3.8, 4) is 5.75 Å². The molecule has 0 saturated heterocycles. The smallest absolute Gasteiger partial charge is 0.267 e. The number of benzene rings is 2. The van der Waals surface area contributed by atoms with E-state index in [1.807, 2.05) is 45.0 Å². The van der Waals surface area contributed by atoms with E-state index >= 15 is 0 Å². The van der Waals surface area contributed by atoms with Gasteiger partial charge in [0.15, 0.2) is 0 Å². The molecule has 0 fully saturated rings. The van der Waals surface area contributed by atoms with E-state index < -0.39 is 0 Å². The zero-order valence-electron chi connectivity index (χ0n) is 16.8. The second-order valence-electron chi connectivity index (χ2n) is 6.97. The minimum absolute atomic E-state index is 0.0583. The minimum atomic E-state index is -0.308. The number of hydrogen-bond donors (Lipinski definition) is 0. The zero-order valence-corrected chi connectivity index (χ0v) is 17.6. The van der Waals surface area contributed by atoms with Gasteiger partial charge in [0.05, 0.1) is 16.6 Å². The average Bonchev–Trinajstić information content (AvgIpc) is 2.92. The summed E-state index contributed by atoms with van der Waals surface area (Å²) in [5.41, 5.74) is 2.03. The first-order valence-electron chi connectivity index (χ1n) is 9.65. The van der Waals surface area contributed by atoms with Crippen LogP contribution in [-0.2, 0) is 16.0 Å². The molecule has 3 rings (SSSR count). The Morgan fingerprint density at radius 3 is 2.24 bits per heavy atom. The van der Waals surface area contributed by atoms with Crippen LogP contribution in [0.4, 0.5) is 4.39 Å². The first-order chi connectivity index (χ1) is 13.9. The Morgan fingerprint density at radius 2 is 1.66 bits per heavy atom. The van der Waals surface area contributed by atoms with Crippen molar-refractivity contribution in [1.82, 2.24) is 4.90 Å². The van der Waals surface area contributed by atoms with Crippen LogP contribution in [0.1, 0.15) is 31.9 Å². The minimum Gasteiger partial charge on any atom is -0.491 e. The van der Waals surface area contributed by atoms with Gasteiger partial charge in [0, 0.05) is 6.54 Å². The van der Waals surface area contributed by atoms with Gasteiger partial charge >= 0.3 is 0 Å². The Morgan fingerprint density at radius 1 is 1.00 bits per heavy atom. The molecule has 0 radical (unpaired) electrons. The lowest BCUT2D eigenvalue weighted by molar-refractivity contribution is -0.136. The molecule has 6 heteroatoms. The van der Waals surface area contributed by atoms with E-state index in [-0.39, 0.29) is 30.3 Å². The predicted octanol–water partition coefficient (Wildman–Crippen LogP) is 4.69. The van der Waals surface area contributed by atoms with Crippen LogP contribution in [0.3, 0.4) is 0 Å². The van der Waals surface area contributed by atoms with Crippen molar-refractivity contribution < 1.29 is 18.7 Å². The molecule has 0 aliphatic carbocycles. The van der Waals surface area contributed by atoms with E-state index in [1.165, 1.54) is 28.8 Å². The fraction of sp³-hybridized carbons (Fsp3) is 0.304. The lowest BCUT2D eigenvalue weighted by atomic mass is 10.1. The summed E-state index contributed by atoms with van der Waals surface area (Å²) in [6.07, 6.45) is 0.541. The zero-order chi connectivity index (χ0) is 21.0. The molecule has 1 aliphatic rings. The van der Waals surface area contributed by atoms with Crippen LogP contribution in [-0.4, -0.2) is 35.1 Å². The highest BCUT2D eigenvalue weighted by Gasteiger charge is 2.38. The van der Waals surface area contributed by atoms with Crippen LogP contribution >= 0.6 is 11.8 Å². The molecular weight excluding hydrogens is 389 g/mol. The molecule has 0 atom stereocenters. The average molecular weight is 414 g/mol. The molecule has 0 N–H and O–H groups in total. The molecular formula is C23H24FNO3S. The fourth-order valence-corrected chi connectivity index (χ4v) is 4.03. The van der Waals surface area contributed by atoms with Crippen LogP contribution < -0.4 is 4.74 Å². The van der Waals surface area contributed by atoms with Crippen molar-refractivity contribution in [2.75, 3.05) is 12.3 Å².